The second-order valence-electron chi connectivity index (χ2n) is 7.68. The predicted octanol–water partition coefficient (Wildman–Crippen LogP) is 4.94. The Balaban J connectivity index is 0.00000128. The molecule has 1 fully saturated rings. The molecule has 0 spiro atoms. The highest BCUT2D eigenvalue weighted by Crippen LogP contribution is 2.31. The van der Waals surface area contributed by atoms with Crippen molar-refractivity contribution in [3.63, 3.8) is 0 Å². The Morgan fingerprint density at radius 1 is 1.00 bits per heavy atom. The van der Waals surface area contributed by atoms with Crippen molar-refractivity contribution in [2.24, 2.45) is 7.05 Å². The molecule has 8 heteroatoms. The number of fused-ring (bicyclic) bond motifs is 2. The smallest absolute Gasteiger partial charge is 0.150 e. The van der Waals surface area contributed by atoms with Gasteiger partial charge in [0, 0.05) is 36.1 Å². The van der Waals surface area contributed by atoms with Crippen molar-refractivity contribution in [2.75, 3.05) is 13.1 Å². The fourth-order valence-corrected chi connectivity index (χ4v) is 4.16. The van der Waals surface area contributed by atoms with Crippen molar-refractivity contribution in [1.29, 1.82) is 0 Å². The third-order valence-electron chi connectivity index (χ3n) is 5.61. The van der Waals surface area contributed by atoms with E-state index in [1.54, 1.807) is 16.9 Å². The van der Waals surface area contributed by atoms with Crippen LogP contribution in [0.1, 0.15) is 30.1 Å². The molecule has 5 nitrogen and oxygen atoms in total. The summed E-state index contributed by atoms with van der Waals surface area (Å²) in [6.07, 6.45) is 5.74. The summed E-state index contributed by atoms with van der Waals surface area (Å²) in [5, 5.41) is 9.61. The van der Waals surface area contributed by atoms with Gasteiger partial charge < -0.3 is 5.32 Å². The lowest BCUT2D eigenvalue weighted by molar-refractivity contribution is 0.445. The van der Waals surface area contributed by atoms with Crippen LogP contribution in [-0.2, 0) is 7.05 Å². The summed E-state index contributed by atoms with van der Waals surface area (Å²) < 4.78 is 16.8. The minimum atomic E-state index is -0.297. The van der Waals surface area contributed by atoms with Crippen molar-refractivity contribution < 1.29 is 4.39 Å². The molecule has 5 rings (SSSR count). The van der Waals surface area contributed by atoms with E-state index in [1.165, 1.54) is 0 Å². The van der Waals surface area contributed by atoms with Gasteiger partial charge in [0.05, 0.1) is 5.52 Å². The Hall–Kier alpha value is -2.28. The number of aryl methyl sites for hydroxylation is 2. The molecule has 3 heterocycles. The monoisotopic (exact) mass is 447 g/mol. The first kappa shape index (κ1) is 22.4. The fraction of sp³-hybridized carbons (Fsp3) is 0.318. The topological polar surface area (TPSA) is 55.6 Å². The number of hydrogen-bond donors (Lipinski definition) is 1. The molecule has 30 heavy (non-hydrogen) atoms. The number of halogens is 3. The molecular formula is C22H24Cl2FN5. The summed E-state index contributed by atoms with van der Waals surface area (Å²) in [6.45, 7) is 3.96. The van der Waals surface area contributed by atoms with Crippen molar-refractivity contribution in [3.05, 3.63) is 53.9 Å². The first-order valence-corrected chi connectivity index (χ1v) is 9.70. The zero-order valence-corrected chi connectivity index (χ0v) is 18.5. The van der Waals surface area contributed by atoms with E-state index in [2.05, 4.69) is 32.5 Å². The van der Waals surface area contributed by atoms with Gasteiger partial charge in [-0.1, -0.05) is 0 Å². The maximum atomic E-state index is 15.0. The van der Waals surface area contributed by atoms with Crippen LogP contribution in [-0.4, -0.2) is 32.8 Å². The first-order valence-electron chi connectivity index (χ1n) is 9.70. The van der Waals surface area contributed by atoms with Crippen molar-refractivity contribution >= 4 is 46.6 Å². The average molecular weight is 448 g/mol. The van der Waals surface area contributed by atoms with Gasteiger partial charge in [0.2, 0.25) is 0 Å². The van der Waals surface area contributed by atoms with E-state index >= 15 is 0 Å². The van der Waals surface area contributed by atoms with Crippen LogP contribution in [0.5, 0.6) is 0 Å². The summed E-state index contributed by atoms with van der Waals surface area (Å²) in [7, 11) is 1.91. The maximum Gasteiger partial charge on any atom is 0.150 e. The molecule has 4 aromatic rings. The molecule has 2 aromatic heterocycles. The standard InChI is InChI=1S/C22H22FN5.2ClH/c1-13-7-15(9-18-12-28(2)27-20(13)18)16-8-17-11-25-22(14-3-5-24-6-4-14)26-21(17)19(23)10-16;;/h7-12,14,24H,3-6H2,1-2H3;2*1H. The van der Waals surface area contributed by atoms with Crippen molar-refractivity contribution in [2.45, 2.75) is 25.7 Å². The van der Waals surface area contributed by atoms with Gasteiger partial charge >= 0.3 is 0 Å². The SMILES string of the molecule is Cc1cc(-c2cc(F)c3nc(C4CCNCC4)ncc3c2)cc2cn(C)nc12.Cl.Cl. The number of piperidine rings is 1. The lowest BCUT2D eigenvalue weighted by Gasteiger charge is -2.21. The minimum absolute atomic E-state index is 0. The third kappa shape index (κ3) is 4.00. The number of nitrogens with one attached hydrogen (secondary N) is 1. The number of hydrogen-bond acceptors (Lipinski definition) is 4. The molecule has 0 unspecified atom stereocenters. The van der Waals surface area contributed by atoms with E-state index < -0.39 is 0 Å². The molecule has 1 saturated heterocycles. The Labute approximate surface area is 186 Å². The second kappa shape index (κ2) is 8.84. The molecule has 1 aliphatic rings. The molecule has 2 aromatic carbocycles. The quantitative estimate of drug-likeness (QED) is 0.472. The van der Waals surface area contributed by atoms with Crippen LogP contribution in [0.4, 0.5) is 4.39 Å². The highest BCUT2D eigenvalue weighted by Gasteiger charge is 2.19. The van der Waals surface area contributed by atoms with Crippen LogP contribution in [0, 0.1) is 12.7 Å². The molecule has 0 saturated carbocycles. The van der Waals surface area contributed by atoms with Crippen LogP contribution >= 0.6 is 24.8 Å². The van der Waals surface area contributed by atoms with E-state index in [-0.39, 0.29) is 30.6 Å². The molecule has 0 amide bonds. The second-order valence-corrected chi connectivity index (χ2v) is 7.68. The zero-order chi connectivity index (χ0) is 19.3. The van der Waals surface area contributed by atoms with E-state index in [0.29, 0.717) is 11.4 Å². The first-order chi connectivity index (χ1) is 13.6. The van der Waals surface area contributed by atoms with Crippen LogP contribution < -0.4 is 5.32 Å². The van der Waals surface area contributed by atoms with Crippen molar-refractivity contribution in [1.82, 2.24) is 25.1 Å². The Morgan fingerprint density at radius 2 is 1.70 bits per heavy atom. The fourth-order valence-electron chi connectivity index (χ4n) is 4.16. The molecular weight excluding hydrogens is 424 g/mol. The van der Waals surface area contributed by atoms with Gasteiger partial charge in [0.15, 0.2) is 0 Å². The molecule has 1 aliphatic heterocycles. The van der Waals surface area contributed by atoms with E-state index in [1.807, 2.05) is 26.2 Å². The molecule has 0 aliphatic carbocycles. The zero-order valence-electron chi connectivity index (χ0n) is 16.9. The van der Waals surface area contributed by atoms with E-state index in [9.17, 15) is 4.39 Å². The van der Waals surface area contributed by atoms with Crippen LogP contribution in [0.15, 0.2) is 36.7 Å². The predicted molar refractivity (Wildman–Crippen MR) is 123 cm³/mol. The highest BCUT2D eigenvalue weighted by atomic mass is 35.5. The van der Waals surface area contributed by atoms with Gasteiger partial charge in [0.25, 0.3) is 0 Å². The maximum absolute atomic E-state index is 15.0. The Kier molecular flexibility index (Phi) is 6.60. The molecule has 158 valence electrons. The van der Waals surface area contributed by atoms with Crippen LogP contribution in [0.25, 0.3) is 32.9 Å². The van der Waals surface area contributed by atoms with Gasteiger partial charge in [0.1, 0.15) is 17.2 Å². The van der Waals surface area contributed by atoms with E-state index in [0.717, 1.165) is 64.7 Å². The lowest BCUT2D eigenvalue weighted by Crippen LogP contribution is -2.27. The molecule has 1 N–H and O–H groups in total. The Bertz CT molecular complexity index is 1200. The van der Waals surface area contributed by atoms with Gasteiger partial charge in [-0.05, 0) is 73.8 Å². The normalized spacial score (nSPS) is 14.5. The lowest BCUT2D eigenvalue weighted by atomic mass is 9.96. The molecule has 0 radical (unpaired) electrons. The van der Waals surface area contributed by atoms with Gasteiger partial charge in [-0.15, -0.1) is 24.8 Å². The number of aromatic nitrogens is 4. The van der Waals surface area contributed by atoms with Crippen LogP contribution in [0.2, 0.25) is 0 Å². The Morgan fingerprint density at radius 3 is 2.47 bits per heavy atom. The van der Waals surface area contributed by atoms with Gasteiger partial charge in [-0.2, -0.15) is 5.10 Å². The number of nitrogens with zero attached hydrogens (tertiary/aromatic N) is 4. The van der Waals surface area contributed by atoms with Gasteiger partial charge in [-0.3, -0.25) is 4.68 Å². The van der Waals surface area contributed by atoms with Crippen molar-refractivity contribution in [3.8, 4) is 11.1 Å². The molecule has 0 bridgehead atoms. The highest BCUT2D eigenvalue weighted by molar-refractivity contribution is 5.90. The number of rotatable bonds is 2. The summed E-state index contributed by atoms with van der Waals surface area (Å²) in [5.74, 6) is 0.766. The number of benzene rings is 2. The van der Waals surface area contributed by atoms with E-state index in [4.69, 9.17) is 0 Å². The summed E-state index contributed by atoms with van der Waals surface area (Å²) >= 11 is 0. The summed E-state index contributed by atoms with van der Waals surface area (Å²) in [5.41, 5.74) is 4.26. The largest absolute Gasteiger partial charge is 0.317 e. The summed E-state index contributed by atoms with van der Waals surface area (Å²) in [4.78, 5) is 9.14. The van der Waals surface area contributed by atoms with Crippen LogP contribution in [0.3, 0.4) is 0 Å². The molecule has 0 atom stereocenters. The van der Waals surface area contributed by atoms with Gasteiger partial charge in [-0.25, -0.2) is 14.4 Å². The average Bonchev–Trinajstić information content (AvgIpc) is 3.09. The minimum Gasteiger partial charge on any atom is -0.317 e. The summed E-state index contributed by atoms with van der Waals surface area (Å²) in [6, 6.07) is 7.67. The third-order valence-corrected chi connectivity index (χ3v) is 5.61.